The van der Waals surface area contributed by atoms with Gasteiger partial charge in [-0.05, 0) is 55.7 Å². The van der Waals surface area contributed by atoms with Crippen molar-refractivity contribution < 1.29 is 9.84 Å². The number of rotatable bonds is 8. The average Bonchev–Trinajstić information content (AvgIpc) is 2.97. The Balaban J connectivity index is 1.84. The lowest BCUT2D eigenvalue weighted by atomic mass is 10.2. The number of aliphatic hydroxyl groups excluding tert-OH is 1. The lowest BCUT2D eigenvalue weighted by Gasteiger charge is -2.09. The van der Waals surface area contributed by atoms with Crippen molar-refractivity contribution in [2.24, 2.45) is 0 Å². The fourth-order valence-electron chi connectivity index (χ4n) is 2.66. The lowest BCUT2D eigenvalue weighted by Crippen LogP contribution is -2.00. The standard InChI is InChI=1S/C19H22N2O2S/c1-23-15-9-11-16(12-10-15)24-19-20-17-7-3-4-8-18(17)21(19)13-5-2-6-14-22/h3-4,7-12,22H,2,5-6,13-14H2,1H3. The van der Waals surface area contributed by atoms with E-state index in [1.807, 2.05) is 18.2 Å². The number of fused-ring (bicyclic) bond motifs is 1. The van der Waals surface area contributed by atoms with E-state index in [-0.39, 0.29) is 6.61 Å². The summed E-state index contributed by atoms with van der Waals surface area (Å²) in [4.78, 5) is 5.94. The van der Waals surface area contributed by atoms with Crippen molar-refractivity contribution >= 4 is 22.8 Å². The number of methoxy groups -OCH3 is 1. The van der Waals surface area contributed by atoms with E-state index >= 15 is 0 Å². The van der Waals surface area contributed by atoms with Crippen molar-refractivity contribution in [2.45, 2.75) is 35.9 Å². The minimum Gasteiger partial charge on any atom is -0.497 e. The first-order chi connectivity index (χ1) is 11.8. The number of ether oxygens (including phenoxy) is 1. The van der Waals surface area contributed by atoms with Crippen LogP contribution < -0.4 is 4.74 Å². The van der Waals surface area contributed by atoms with Crippen LogP contribution in [0.3, 0.4) is 0 Å². The number of para-hydroxylation sites is 2. The second-order valence-corrected chi connectivity index (χ2v) is 6.64. The highest BCUT2D eigenvalue weighted by Crippen LogP contribution is 2.31. The maximum absolute atomic E-state index is 8.95. The maximum Gasteiger partial charge on any atom is 0.173 e. The topological polar surface area (TPSA) is 47.3 Å². The fourth-order valence-corrected chi connectivity index (χ4v) is 3.58. The zero-order valence-corrected chi connectivity index (χ0v) is 14.6. The number of unbranched alkanes of at least 4 members (excludes halogenated alkanes) is 2. The number of nitrogens with zero attached hydrogens (tertiary/aromatic N) is 2. The van der Waals surface area contributed by atoms with Gasteiger partial charge in [-0.25, -0.2) is 4.98 Å². The molecule has 126 valence electrons. The molecule has 24 heavy (non-hydrogen) atoms. The van der Waals surface area contributed by atoms with Crippen molar-refractivity contribution in [3.05, 3.63) is 48.5 Å². The quantitative estimate of drug-likeness (QED) is 0.618. The summed E-state index contributed by atoms with van der Waals surface area (Å²) in [6.45, 7) is 1.18. The zero-order chi connectivity index (χ0) is 16.8. The van der Waals surface area contributed by atoms with Gasteiger partial charge in [-0.15, -0.1) is 0 Å². The summed E-state index contributed by atoms with van der Waals surface area (Å²) in [6.07, 6.45) is 2.92. The summed E-state index contributed by atoms with van der Waals surface area (Å²) in [5.41, 5.74) is 2.19. The van der Waals surface area contributed by atoms with E-state index in [1.54, 1.807) is 18.9 Å². The third kappa shape index (κ3) is 3.91. The fraction of sp³-hybridized carbons (Fsp3) is 0.316. The highest BCUT2D eigenvalue weighted by atomic mass is 32.2. The Morgan fingerprint density at radius 3 is 2.58 bits per heavy atom. The largest absolute Gasteiger partial charge is 0.497 e. The highest BCUT2D eigenvalue weighted by molar-refractivity contribution is 7.99. The minimum absolute atomic E-state index is 0.262. The zero-order valence-electron chi connectivity index (χ0n) is 13.8. The Morgan fingerprint density at radius 1 is 1.04 bits per heavy atom. The molecule has 1 heterocycles. The first kappa shape index (κ1) is 16.9. The van der Waals surface area contributed by atoms with Crippen molar-refractivity contribution in [1.29, 1.82) is 0 Å². The Kier molecular flexibility index (Phi) is 5.77. The molecule has 0 saturated heterocycles. The van der Waals surface area contributed by atoms with Gasteiger partial charge in [0.2, 0.25) is 0 Å². The van der Waals surface area contributed by atoms with E-state index in [9.17, 15) is 0 Å². The third-order valence-electron chi connectivity index (χ3n) is 3.93. The maximum atomic E-state index is 8.95. The average molecular weight is 342 g/mol. The van der Waals surface area contributed by atoms with Crippen LogP contribution in [-0.2, 0) is 6.54 Å². The van der Waals surface area contributed by atoms with E-state index in [1.165, 1.54) is 0 Å². The number of aliphatic hydroxyl groups is 1. The van der Waals surface area contributed by atoms with E-state index in [4.69, 9.17) is 14.8 Å². The predicted octanol–water partition coefficient (Wildman–Crippen LogP) is 4.36. The molecule has 0 spiro atoms. The number of aryl methyl sites for hydroxylation is 1. The molecule has 4 nitrogen and oxygen atoms in total. The molecular weight excluding hydrogens is 320 g/mol. The van der Waals surface area contributed by atoms with Crippen LogP contribution in [0.25, 0.3) is 11.0 Å². The number of hydrogen-bond donors (Lipinski definition) is 1. The van der Waals surface area contributed by atoms with Crippen molar-refractivity contribution in [3.63, 3.8) is 0 Å². The van der Waals surface area contributed by atoms with E-state index in [2.05, 4.69) is 34.9 Å². The lowest BCUT2D eigenvalue weighted by molar-refractivity contribution is 0.281. The van der Waals surface area contributed by atoms with Gasteiger partial charge in [-0.2, -0.15) is 0 Å². The second-order valence-electron chi connectivity index (χ2n) is 5.60. The van der Waals surface area contributed by atoms with Crippen LogP contribution in [0.1, 0.15) is 19.3 Å². The van der Waals surface area contributed by atoms with E-state index < -0.39 is 0 Å². The molecule has 0 amide bonds. The molecule has 0 unspecified atom stereocenters. The van der Waals surface area contributed by atoms with Crippen LogP contribution in [0.15, 0.2) is 58.6 Å². The van der Waals surface area contributed by atoms with Crippen LogP contribution in [0.4, 0.5) is 0 Å². The van der Waals surface area contributed by atoms with Gasteiger partial charge in [-0.3, -0.25) is 0 Å². The molecule has 0 bridgehead atoms. The highest BCUT2D eigenvalue weighted by Gasteiger charge is 2.11. The van der Waals surface area contributed by atoms with Crippen molar-refractivity contribution in [3.8, 4) is 5.75 Å². The molecule has 3 aromatic rings. The molecule has 0 saturated carbocycles. The molecular formula is C19H22N2O2S. The van der Waals surface area contributed by atoms with Crippen LogP contribution in [-0.4, -0.2) is 28.4 Å². The van der Waals surface area contributed by atoms with E-state index in [0.717, 1.165) is 52.6 Å². The molecule has 0 fully saturated rings. The monoisotopic (exact) mass is 342 g/mol. The van der Waals surface area contributed by atoms with Crippen LogP contribution in [0.2, 0.25) is 0 Å². The number of hydrogen-bond acceptors (Lipinski definition) is 4. The third-order valence-corrected chi connectivity index (χ3v) is 4.93. The smallest absolute Gasteiger partial charge is 0.173 e. The van der Waals surface area contributed by atoms with Gasteiger partial charge < -0.3 is 14.4 Å². The van der Waals surface area contributed by atoms with Crippen LogP contribution in [0.5, 0.6) is 5.75 Å². The summed E-state index contributed by atoms with van der Waals surface area (Å²) in [6, 6.07) is 16.3. The predicted molar refractivity (Wildman–Crippen MR) is 97.8 cm³/mol. The summed E-state index contributed by atoms with van der Waals surface area (Å²) in [5, 5.41) is 9.96. The molecule has 0 radical (unpaired) electrons. The Morgan fingerprint density at radius 2 is 1.83 bits per heavy atom. The number of imidazole rings is 1. The van der Waals surface area contributed by atoms with Gasteiger partial charge in [0.05, 0.1) is 18.1 Å². The van der Waals surface area contributed by atoms with Gasteiger partial charge in [0.25, 0.3) is 0 Å². The van der Waals surface area contributed by atoms with Crippen molar-refractivity contribution in [2.75, 3.05) is 13.7 Å². The minimum atomic E-state index is 0.262. The van der Waals surface area contributed by atoms with Crippen LogP contribution >= 0.6 is 11.8 Å². The van der Waals surface area contributed by atoms with Crippen LogP contribution in [0, 0.1) is 0 Å². The Bertz CT molecular complexity index is 784. The molecule has 1 aromatic heterocycles. The Hall–Kier alpha value is -1.98. The molecule has 0 aliphatic heterocycles. The molecule has 5 heteroatoms. The summed E-state index contributed by atoms with van der Waals surface area (Å²) in [7, 11) is 1.67. The first-order valence-corrected chi connectivity index (χ1v) is 9.01. The molecule has 3 rings (SSSR count). The van der Waals surface area contributed by atoms with Crippen molar-refractivity contribution in [1.82, 2.24) is 9.55 Å². The summed E-state index contributed by atoms with van der Waals surface area (Å²) >= 11 is 1.67. The van der Waals surface area contributed by atoms with Gasteiger partial charge in [-0.1, -0.05) is 23.9 Å². The SMILES string of the molecule is COc1ccc(Sc2nc3ccccc3n2CCCCCO)cc1. The van der Waals surface area contributed by atoms with E-state index in [0.29, 0.717) is 0 Å². The number of aromatic nitrogens is 2. The van der Waals surface area contributed by atoms with Gasteiger partial charge in [0.15, 0.2) is 5.16 Å². The molecule has 2 aromatic carbocycles. The summed E-state index contributed by atoms with van der Waals surface area (Å²) < 4.78 is 7.50. The van der Waals surface area contributed by atoms with Gasteiger partial charge >= 0.3 is 0 Å². The molecule has 1 N–H and O–H groups in total. The van der Waals surface area contributed by atoms with Gasteiger partial charge in [0, 0.05) is 18.0 Å². The molecule has 0 aliphatic rings. The number of benzene rings is 2. The Labute approximate surface area is 146 Å². The molecule has 0 aliphatic carbocycles. The summed E-state index contributed by atoms with van der Waals surface area (Å²) in [5.74, 6) is 0.858. The normalized spacial score (nSPS) is 11.1. The first-order valence-electron chi connectivity index (χ1n) is 8.20. The van der Waals surface area contributed by atoms with Gasteiger partial charge in [0.1, 0.15) is 5.75 Å². The second kappa shape index (κ2) is 8.22. The molecule has 0 atom stereocenters.